The van der Waals surface area contributed by atoms with E-state index < -0.39 is 12.0 Å². The number of anilines is 1. The molecule has 2 aromatic rings. The van der Waals surface area contributed by atoms with E-state index in [2.05, 4.69) is 5.32 Å². The van der Waals surface area contributed by atoms with Crippen LogP contribution in [0.4, 0.5) is 5.69 Å². The quantitative estimate of drug-likeness (QED) is 0.798. The third-order valence-electron chi connectivity index (χ3n) is 4.60. The lowest BCUT2D eigenvalue weighted by Gasteiger charge is -2.20. The van der Waals surface area contributed by atoms with Gasteiger partial charge in [0.15, 0.2) is 0 Å². The van der Waals surface area contributed by atoms with E-state index in [4.69, 9.17) is 4.74 Å². The molecule has 0 bridgehead atoms. The third-order valence-corrected chi connectivity index (χ3v) is 4.60. The van der Waals surface area contributed by atoms with Gasteiger partial charge in [-0.05, 0) is 30.2 Å². The summed E-state index contributed by atoms with van der Waals surface area (Å²) in [5.74, 6) is -0.637. The highest BCUT2D eigenvalue weighted by Crippen LogP contribution is 2.23. The number of benzene rings is 2. The van der Waals surface area contributed by atoms with Crippen LogP contribution in [0.5, 0.6) is 0 Å². The molecular formula is C21H22N2O4. The zero-order valence-corrected chi connectivity index (χ0v) is 15.2. The van der Waals surface area contributed by atoms with Crippen LogP contribution in [-0.2, 0) is 14.3 Å². The molecule has 0 spiro atoms. The minimum Gasteiger partial charge on any atom is -0.469 e. The molecule has 27 heavy (non-hydrogen) atoms. The standard InChI is InChI=1S/C21H22N2O4/c1-27-20(25)14-18(15-7-3-2-4-8-15)22-21(26)16-9-5-10-17(13-16)23-12-6-11-19(23)24/h2-5,7-10,13,18H,6,11-12,14H2,1H3,(H,22,26)/t18-/m1/s1. The van der Waals surface area contributed by atoms with E-state index in [1.54, 1.807) is 23.1 Å². The molecule has 3 rings (SSSR count). The van der Waals surface area contributed by atoms with Crippen LogP contribution in [0.25, 0.3) is 0 Å². The van der Waals surface area contributed by atoms with Crippen LogP contribution in [0, 0.1) is 0 Å². The Labute approximate surface area is 158 Å². The van der Waals surface area contributed by atoms with Gasteiger partial charge in [-0.15, -0.1) is 0 Å². The minimum absolute atomic E-state index is 0.0382. The SMILES string of the molecule is COC(=O)C[C@@H](NC(=O)c1cccc(N2CCCC2=O)c1)c1ccccc1. The summed E-state index contributed by atoms with van der Waals surface area (Å²) in [7, 11) is 1.32. The lowest BCUT2D eigenvalue weighted by atomic mass is 10.0. The number of nitrogens with zero attached hydrogens (tertiary/aromatic N) is 1. The first kappa shape index (κ1) is 18.6. The maximum atomic E-state index is 12.8. The first-order chi connectivity index (χ1) is 13.1. The second-order valence-corrected chi connectivity index (χ2v) is 6.42. The molecule has 1 aliphatic heterocycles. The number of hydrogen-bond acceptors (Lipinski definition) is 4. The zero-order chi connectivity index (χ0) is 19.2. The molecule has 1 N–H and O–H groups in total. The summed E-state index contributed by atoms with van der Waals surface area (Å²) < 4.78 is 4.75. The summed E-state index contributed by atoms with van der Waals surface area (Å²) in [6.07, 6.45) is 1.40. The van der Waals surface area contributed by atoms with Gasteiger partial charge in [-0.25, -0.2) is 0 Å². The molecule has 0 aromatic heterocycles. The first-order valence-corrected chi connectivity index (χ1v) is 8.91. The number of carbonyl (C=O) groups excluding carboxylic acids is 3. The van der Waals surface area contributed by atoms with E-state index >= 15 is 0 Å². The van der Waals surface area contributed by atoms with Crippen LogP contribution < -0.4 is 10.2 Å². The second kappa shape index (κ2) is 8.49. The van der Waals surface area contributed by atoms with Crippen molar-refractivity contribution in [3.05, 3.63) is 65.7 Å². The second-order valence-electron chi connectivity index (χ2n) is 6.42. The van der Waals surface area contributed by atoms with Crippen molar-refractivity contribution in [1.29, 1.82) is 0 Å². The zero-order valence-electron chi connectivity index (χ0n) is 15.2. The average molecular weight is 366 g/mol. The highest BCUT2D eigenvalue weighted by molar-refractivity contribution is 5.99. The molecule has 0 saturated carbocycles. The maximum absolute atomic E-state index is 12.8. The molecule has 1 aliphatic rings. The Morgan fingerprint density at radius 1 is 1.15 bits per heavy atom. The number of nitrogens with one attached hydrogen (secondary N) is 1. The lowest BCUT2D eigenvalue weighted by Crippen LogP contribution is -2.31. The predicted molar refractivity (Wildman–Crippen MR) is 101 cm³/mol. The Morgan fingerprint density at radius 3 is 2.59 bits per heavy atom. The number of amides is 2. The molecule has 2 aromatic carbocycles. The Balaban J connectivity index is 1.79. The monoisotopic (exact) mass is 366 g/mol. The van der Waals surface area contributed by atoms with Crippen molar-refractivity contribution in [1.82, 2.24) is 5.32 Å². The number of methoxy groups -OCH3 is 1. The Kier molecular flexibility index (Phi) is 5.86. The van der Waals surface area contributed by atoms with Crippen LogP contribution in [0.1, 0.15) is 41.2 Å². The minimum atomic E-state index is -0.497. The van der Waals surface area contributed by atoms with Gasteiger partial charge < -0.3 is 15.0 Å². The summed E-state index contributed by atoms with van der Waals surface area (Å²) in [6, 6.07) is 15.8. The number of rotatable bonds is 6. The predicted octanol–water partition coefficient (Wildman–Crippen LogP) is 2.85. The molecule has 6 heteroatoms. The van der Waals surface area contributed by atoms with Crippen LogP contribution >= 0.6 is 0 Å². The molecule has 2 amide bonds. The fourth-order valence-electron chi connectivity index (χ4n) is 3.17. The van der Waals surface area contributed by atoms with Gasteiger partial charge in [-0.1, -0.05) is 36.4 Å². The van der Waals surface area contributed by atoms with Gasteiger partial charge in [0.2, 0.25) is 5.91 Å². The molecule has 140 valence electrons. The first-order valence-electron chi connectivity index (χ1n) is 8.91. The normalized spacial score (nSPS) is 14.7. The molecule has 1 saturated heterocycles. The highest BCUT2D eigenvalue weighted by Gasteiger charge is 2.23. The van der Waals surface area contributed by atoms with E-state index in [-0.39, 0.29) is 18.2 Å². The van der Waals surface area contributed by atoms with E-state index in [9.17, 15) is 14.4 Å². The number of hydrogen-bond donors (Lipinski definition) is 1. The van der Waals surface area contributed by atoms with Crippen molar-refractivity contribution >= 4 is 23.5 Å². The number of esters is 1. The summed E-state index contributed by atoms with van der Waals surface area (Å²) in [5, 5.41) is 2.90. The summed E-state index contributed by atoms with van der Waals surface area (Å²) in [4.78, 5) is 38.2. The average Bonchev–Trinajstić information content (AvgIpc) is 3.14. The molecule has 1 fully saturated rings. The van der Waals surface area contributed by atoms with Crippen molar-refractivity contribution in [3.63, 3.8) is 0 Å². The molecule has 0 radical (unpaired) electrons. The summed E-state index contributed by atoms with van der Waals surface area (Å²) >= 11 is 0. The van der Waals surface area contributed by atoms with E-state index in [1.165, 1.54) is 7.11 Å². The molecule has 0 aliphatic carbocycles. The van der Waals surface area contributed by atoms with Crippen LogP contribution in [0.2, 0.25) is 0 Å². The Hall–Kier alpha value is -3.15. The molecule has 1 atom stereocenters. The van der Waals surface area contributed by atoms with Gasteiger partial charge in [0.25, 0.3) is 5.91 Å². The topological polar surface area (TPSA) is 75.7 Å². The van der Waals surface area contributed by atoms with Crippen molar-refractivity contribution < 1.29 is 19.1 Å². The van der Waals surface area contributed by atoms with Gasteiger partial charge in [0.1, 0.15) is 0 Å². The van der Waals surface area contributed by atoms with Crippen LogP contribution in [-0.4, -0.2) is 31.4 Å². The van der Waals surface area contributed by atoms with Gasteiger partial charge in [0, 0.05) is 24.2 Å². The molecule has 1 heterocycles. The third kappa shape index (κ3) is 4.53. The lowest BCUT2D eigenvalue weighted by molar-refractivity contribution is -0.141. The largest absolute Gasteiger partial charge is 0.469 e. The van der Waals surface area contributed by atoms with Gasteiger partial charge in [-0.2, -0.15) is 0 Å². The summed E-state index contributed by atoms with van der Waals surface area (Å²) in [6.45, 7) is 0.666. The number of carbonyl (C=O) groups is 3. The van der Waals surface area contributed by atoms with E-state index in [1.807, 2.05) is 36.4 Å². The van der Waals surface area contributed by atoms with Crippen molar-refractivity contribution in [2.75, 3.05) is 18.6 Å². The fourth-order valence-corrected chi connectivity index (χ4v) is 3.17. The van der Waals surface area contributed by atoms with Gasteiger partial charge >= 0.3 is 5.97 Å². The molecular weight excluding hydrogens is 344 g/mol. The van der Waals surface area contributed by atoms with Gasteiger partial charge in [-0.3, -0.25) is 14.4 Å². The highest BCUT2D eigenvalue weighted by atomic mass is 16.5. The van der Waals surface area contributed by atoms with Crippen molar-refractivity contribution in [3.8, 4) is 0 Å². The van der Waals surface area contributed by atoms with Crippen molar-refractivity contribution in [2.24, 2.45) is 0 Å². The fraction of sp³-hybridized carbons (Fsp3) is 0.286. The Morgan fingerprint density at radius 2 is 1.93 bits per heavy atom. The van der Waals surface area contributed by atoms with Crippen molar-refractivity contribution in [2.45, 2.75) is 25.3 Å². The number of ether oxygens (including phenoxy) is 1. The van der Waals surface area contributed by atoms with E-state index in [0.717, 1.165) is 17.7 Å². The maximum Gasteiger partial charge on any atom is 0.307 e. The van der Waals surface area contributed by atoms with Gasteiger partial charge in [0.05, 0.1) is 19.6 Å². The summed E-state index contributed by atoms with van der Waals surface area (Å²) in [5.41, 5.74) is 1.98. The van der Waals surface area contributed by atoms with Crippen LogP contribution in [0.3, 0.4) is 0 Å². The van der Waals surface area contributed by atoms with Crippen LogP contribution in [0.15, 0.2) is 54.6 Å². The molecule has 6 nitrogen and oxygen atoms in total. The molecule has 0 unspecified atom stereocenters. The Bertz CT molecular complexity index is 835. The van der Waals surface area contributed by atoms with E-state index in [0.29, 0.717) is 18.5 Å². The smallest absolute Gasteiger partial charge is 0.307 e.